The van der Waals surface area contributed by atoms with Gasteiger partial charge in [0, 0.05) is 78.7 Å². The molecule has 2 aliphatic rings. The lowest BCUT2D eigenvalue weighted by molar-refractivity contribution is 0.313. The lowest BCUT2D eigenvalue weighted by Crippen LogP contribution is -2.44. The van der Waals surface area contributed by atoms with Crippen LogP contribution in [0.4, 0.5) is 10.1 Å². The summed E-state index contributed by atoms with van der Waals surface area (Å²) in [5.74, 6) is -0.317. The van der Waals surface area contributed by atoms with Crippen LogP contribution in [0.25, 0.3) is 39.0 Å². The standard InChI is InChI=1S/C29H26ClFN6/c1-36-9-11-37(12-10-36)22-6-8-33-27(15-22)20-13-19(17-32-18-20)24-16-28(25-14-21(30)4-5-26(25)31)35-29-23(24)3-2-7-34-29/h2-3,5-8,13-18,21H,4,9-12H2,1H3. The van der Waals surface area contributed by atoms with Crippen molar-refractivity contribution in [1.82, 2.24) is 24.8 Å². The maximum atomic E-state index is 14.8. The molecule has 1 aliphatic heterocycles. The first-order valence-electron chi connectivity index (χ1n) is 12.4. The SMILES string of the molecule is CN1CCN(c2ccnc(-c3cncc(-c4cc(C5=CC(Cl)CC=C5F)nc5ncccc45)c3)c2)CC1. The van der Waals surface area contributed by atoms with E-state index in [-0.39, 0.29) is 11.2 Å². The molecule has 6 nitrogen and oxygen atoms in total. The van der Waals surface area contributed by atoms with Gasteiger partial charge in [-0.3, -0.25) is 9.97 Å². The largest absolute Gasteiger partial charge is 0.369 e. The van der Waals surface area contributed by atoms with Crippen LogP contribution in [-0.2, 0) is 0 Å². The van der Waals surface area contributed by atoms with Gasteiger partial charge in [-0.1, -0.05) is 6.08 Å². The summed E-state index contributed by atoms with van der Waals surface area (Å²) in [6.45, 7) is 4.05. The number of aromatic nitrogens is 4. The number of pyridine rings is 4. The van der Waals surface area contributed by atoms with Crippen LogP contribution in [0.3, 0.4) is 0 Å². The normalized spacial score (nSPS) is 18.6. The van der Waals surface area contributed by atoms with Crippen molar-refractivity contribution in [3.8, 4) is 22.4 Å². The average molecular weight is 513 g/mol. The number of nitrogens with zero attached hydrogens (tertiary/aromatic N) is 6. The molecule has 0 saturated carbocycles. The first kappa shape index (κ1) is 23.7. The topological polar surface area (TPSA) is 58.0 Å². The van der Waals surface area contributed by atoms with Crippen LogP contribution in [-0.4, -0.2) is 63.4 Å². The molecule has 1 atom stereocenters. The fraction of sp³-hybridized carbons (Fsp3) is 0.241. The second-order valence-corrected chi connectivity index (χ2v) is 10.0. The lowest BCUT2D eigenvalue weighted by atomic mass is 9.96. The summed E-state index contributed by atoms with van der Waals surface area (Å²) in [6, 6.07) is 12.0. The van der Waals surface area contributed by atoms with Crippen LogP contribution in [0, 0.1) is 0 Å². The molecule has 5 heterocycles. The van der Waals surface area contributed by atoms with Gasteiger partial charge in [0.2, 0.25) is 0 Å². The van der Waals surface area contributed by atoms with Crippen molar-refractivity contribution < 1.29 is 4.39 Å². The number of halogens is 2. The van der Waals surface area contributed by atoms with Crippen LogP contribution >= 0.6 is 11.6 Å². The summed E-state index contributed by atoms with van der Waals surface area (Å²) in [5, 5.41) is 0.593. The Morgan fingerprint density at radius 2 is 1.78 bits per heavy atom. The van der Waals surface area contributed by atoms with E-state index in [1.165, 1.54) is 6.08 Å². The third kappa shape index (κ3) is 4.84. The summed E-state index contributed by atoms with van der Waals surface area (Å²) >= 11 is 6.31. The molecule has 0 N–H and O–H groups in total. The molecule has 8 heteroatoms. The number of allylic oxidation sites excluding steroid dienone is 4. The van der Waals surface area contributed by atoms with Crippen LogP contribution < -0.4 is 4.90 Å². The number of alkyl halides is 1. The number of rotatable bonds is 4. The Kier molecular flexibility index (Phi) is 6.40. The van der Waals surface area contributed by atoms with Gasteiger partial charge in [0.15, 0.2) is 5.65 Å². The number of anilines is 1. The van der Waals surface area contributed by atoms with Gasteiger partial charge in [-0.05, 0) is 61.5 Å². The molecule has 4 aromatic rings. The zero-order valence-electron chi connectivity index (χ0n) is 20.5. The fourth-order valence-electron chi connectivity index (χ4n) is 4.86. The van der Waals surface area contributed by atoms with E-state index >= 15 is 0 Å². The lowest BCUT2D eigenvalue weighted by Gasteiger charge is -2.34. The highest BCUT2D eigenvalue weighted by Crippen LogP contribution is 2.36. The minimum Gasteiger partial charge on any atom is -0.369 e. The van der Waals surface area contributed by atoms with E-state index in [9.17, 15) is 4.39 Å². The molecule has 0 spiro atoms. The van der Waals surface area contributed by atoms with Crippen LogP contribution in [0.1, 0.15) is 12.1 Å². The smallest absolute Gasteiger partial charge is 0.160 e. The minimum atomic E-state index is -0.317. The van der Waals surface area contributed by atoms with Gasteiger partial charge in [-0.2, -0.15) is 0 Å². The summed E-state index contributed by atoms with van der Waals surface area (Å²) in [6.07, 6.45) is 10.9. The fourth-order valence-corrected chi connectivity index (χ4v) is 5.08. The third-order valence-corrected chi connectivity index (χ3v) is 7.25. The molecule has 4 aromatic heterocycles. The second-order valence-electron chi connectivity index (χ2n) is 9.47. The van der Waals surface area contributed by atoms with E-state index in [1.807, 2.05) is 36.8 Å². The Balaban J connectivity index is 1.42. The number of fused-ring (bicyclic) bond motifs is 1. The molecule has 1 aliphatic carbocycles. The third-order valence-electron chi connectivity index (χ3n) is 6.94. The van der Waals surface area contributed by atoms with Gasteiger partial charge in [0.05, 0.1) is 16.8 Å². The first-order chi connectivity index (χ1) is 18.0. The summed E-state index contributed by atoms with van der Waals surface area (Å²) in [5.41, 5.74) is 6.13. The highest BCUT2D eigenvalue weighted by atomic mass is 35.5. The van der Waals surface area contributed by atoms with Crippen LogP contribution in [0.5, 0.6) is 0 Å². The quantitative estimate of drug-likeness (QED) is 0.324. The van der Waals surface area contributed by atoms with Crippen molar-refractivity contribution in [2.45, 2.75) is 11.8 Å². The minimum absolute atomic E-state index is 0.275. The van der Waals surface area contributed by atoms with Gasteiger partial charge in [0.25, 0.3) is 0 Å². The van der Waals surface area contributed by atoms with Crippen molar-refractivity contribution in [2.24, 2.45) is 0 Å². The molecular formula is C29H26ClFN6. The summed E-state index contributed by atoms with van der Waals surface area (Å²) in [4.78, 5) is 23.0. The Morgan fingerprint density at radius 3 is 2.65 bits per heavy atom. The van der Waals surface area contributed by atoms with Gasteiger partial charge < -0.3 is 9.80 Å². The van der Waals surface area contributed by atoms with Crippen molar-refractivity contribution in [3.05, 3.63) is 84.9 Å². The zero-order chi connectivity index (χ0) is 25.4. The summed E-state index contributed by atoms with van der Waals surface area (Å²) in [7, 11) is 2.15. The van der Waals surface area contributed by atoms with Crippen LogP contribution in [0.15, 0.2) is 79.2 Å². The molecule has 0 radical (unpaired) electrons. The van der Waals surface area contributed by atoms with E-state index < -0.39 is 0 Å². The van der Waals surface area contributed by atoms with Crippen molar-refractivity contribution in [1.29, 1.82) is 0 Å². The first-order valence-corrected chi connectivity index (χ1v) is 12.8. The molecule has 1 unspecified atom stereocenters. The van der Waals surface area contributed by atoms with Crippen LogP contribution in [0.2, 0.25) is 0 Å². The molecule has 1 fully saturated rings. The van der Waals surface area contributed by atoms with Crippen molar-refractivity contribution >= 4 is 33.9 Å². The number of hydrogen-bond acceptors (Lipinski definition) is 6. The van der Waals surface area contributed by atoms with Gasteiger partial charge in [-0.15, -0.1) is 11.6 Å². The van der Waals surface area contributed by atoms with Crippen molar-refractivity contribution in [3.63, 3.8) is 0 Å². The molecule has 0 amide bonds. The number of hydrogen-bond donors (Lipinski definition) is 0. The number of piperazine rings is 1. The summed E-state index contributed by atoms with van der Waals surface area (Å²) < 4.78 is 14.8. The van der Waals surface area contributed by atoms with Gasteiger partial charge >= 0.3 is 0 Å². The molecule has 1 saturated heterocycles. The Hall–Kier alpha value is -3.68. The second kappa shape index (κ2) is 10.00. The Bertz CT molecular complexity index is 1530. The van der Waals surface area contributed by atoms with E-state index in [0.29, 0.717) is 23.3 Å². The molecule has 186 valence electrons. The highest BCUT2D eigenvalue weighted by molar-refractivity contribution is 6.22. The Labute approximate surface area is 220 Å². The highest BCUT2D eigenvalue weighted by Gasteiger charge is 2.20. The van der Waals surface area contributed by atoms with Crippen molar-refractivity contribution in [2.75, 3.05) is 38.1 Å². The zero-order valence-corrected chi connectivity index (χ0v) is 21.2. The predicted molar refractivity (Wildman–Crippen MR) is 147 cm³/mol. The molecule has 0 aromatic carbocycles. The maximum absolute atomic E-state index is 14.8. The molecular weight excluding hydrogens is 487 g/mol. The molecule has 6 rings (SSSR count). The molecule has 37 heavy (non-hydrogen) atoms. The van der Waals surface area contributed by atoms with Gasteiger partial charge in [0.1, 0.15) is 5.83 Å². The maximum Gasteiger partial charge on any atom is 0.160 e. The van der Waals surface area contributed by atoms with E-state index in [4.69, 9.17) is 11.6 Å². The number of likely N-dealkylation sites (N-methyl/N-ethyl adjacent to an activating group) is 1. The average Bonchev–Trinajstić information content (AvgIpc) is 2.94. The van der Waals surface area contributed by atoms with E-state index in [1.54, 1.807) is 12.3 Å². The molecule has 0 bridgehead atoms. The predicted octanol–water partition coefficient (Wildman–Crippen LogP) is 5.75. The monoisotopic (exact) mass is 512 g/mol. The van der Waals surface area contributed by atoms with E-state index in [2.05, 4.69) is 55.0 Å². The Morgan fingerprint density at radius 1 is 0.946 bits per heavy atom. The van der Waals surface area contributed by atoms with E-state index in [0.717, 1.165) is 59.6 Å². The van der Waals surface area contributed by atoms with Gasteiger partial charge in [-0.25, -0.2) is 14.4 Å².